The third kappa shape index (κ3) is 7.30. The molecule has 0 saturated carbocycles. The average molecular weight is 314 g/mol. The fraction of sp³-hybridized carbons (Fsp3) is 0.154. The first-order valence-electron chi connectivity index (χ1n) is 6.19. The average Bonchev–Trinajstić information content (AvgIpc) is 2.47. The largest absolute Gasteiger partial charge is 0.673 e. The van der Waals surface area contributed by atoms with Gasteiger partial charge < -0.3 is 32.8 Å². The second-order valence-corrected chi connectivity index (χ2v) is 4.14. The van der Waals surface area contributed by atoms with Gasteiger partial charge in [0, 0.05) is 17.5 Å². The van der Waals surface area contributed by atoms with E-state index in [0.717, 1.165) is 17.1 Å². The molecule has 0 aliphatic heterocycles. The summed E-state index contributed by atoms with van der Waals surface area (Å²) in [6.07, 6.45) is 6.26. The van der Waals surface area contributed by atoms with Crippen LogP contribution >= 0.6 is 0 Å². The predicted octanol–water partition coefficient (Wildman–Crippen LogP) is 3.92. The van der Waals surface area contributed by atoms with E-state index in [1.807, 2.05) is 36.4 Å². The SMILES string of the molecule is COc1ccc(NC2=CCC(=[N+]=[N-])C=C2)cc1.F[B-](F)(F)F. The molecule has 0 saturated heterocycles. The van der Waals surface area contributed by atoms with E-state index in [9.17, 15) is 17.3 Å². The van der Waals surface area contributed by atoms with Crippen molar-refractivity contribution in [3.8, 4) is 5.75 Å². The Kier molecular flexibility index (Phi) is 6.40. The van der Waals surface area contributed by atoms with Gasteiger partial charge in [-0.05, 0) is 36.4 Å². The van der Waals surface area contributed by atoms with Gasteiger partial charge in [-0.15, -0.1) is 0 Å². The van der Waals surface area contributed by atoms with Crippen molar-refractivity contribution in [2.45, 2.75) is 6.42 Å². The first-order chi connectivity index (χ1) is 10.3. The number of rotatable bonds is 3. The summed E-state index contributed by atoms with van der Waals surface area (Å²) < 4.78 is 44.1. The van der Waals surface area contributed by atoms with Gasteiger partial charge in [0.15, 0.2) is 0 Å². The van der Waals surface area contributed by atoms with E-state index < -0.39 is 7.25 Å². The second-order valence-electron chi connectivity index (χ2n) is 4.14. The quantitative estimate of drug-likeness (QED) is 0.398. The minimum atomic E-state index is -6.00. The van der Waals surface area contributed by atoms with E-state index in [1.54, 1.807) is 13.2 Å². The van der Waals surface area contributed by atoms with Crippen molar-refractivity contribution in [3.63, 3.8) is 0 Å². The Labute approximate surface area is 124 Å². The van der Waals surface area contributed by atoms with E-state index in [2.05, 4.69) is 10.1 Å². The summed E-state index contributed by atoms with van der Waals surface area (Å²) in [4.78, 5) is 3.15. The van der Waals surface area contributed by atoms with Gasteiger partial charge >= 0.3 is 7.25 Å². The number of hydrogen-bond donors (Lipinski definition) is 1. The summed E-state index contributed by atoms with van der Waals surface area (Å²) in [6, 6.07) is 7.69. The molecule has 1 aliphatic rings. The van der Waals surface area contributed by atoms with E-state index >= 15 is 0 Å². The molecule has 1 aromatic carbocycles. The van der Waals surface area contributed by atoms with Crippen LogP contribution in [0.25, 0.3) is 5.53 Å². The Bertz CT molecular complexity index is 599. The number of benzene rings is 1. The molecular weight excluding hydrogens is 301 g/mol. The van der Waals surface area contributed by atoms with Crippen LogP contribution in [0.2, 0.25) is 0 Å². The molecule has 0 aromatic heterocycles. The minimum Gasteiger partial charge on any atom is -0.497 e. The van der Waals surface area contributed by atoms with Crippen LogP contribution in [-0.4, -0.2) is 24.9 Å². The van der Waals surface area contributed by atoms with Crippen LogP contribution in [0.1, 0.15) is 6.42 Å². The van der Waals surface area contributed by atoms with E-state index in [0.29, 0.717) is 12.1 Å². The molecule has 0 atom stereocenters. The van der Waals surface area contributed by atoms with Gasteiger partial charge in [-0.25, -0.2) is 0 Å². The van der Waals surface area contributed by atoms with Crippen LogP contribution < -0.4 is 10.1 Å². The van der Waals surface area contributed by atoms with Crippen molar-refractivity contribution in [1.29, 1.82) is 0 Å². The lowest BCUT2D eigenvalue weighted by molar-refractivity contribution is -0.00540. The van der Waals surface area contributed by atoms with Gasteiger partial charge in [0.25, 0.3) is 5.71 Å². The molecule has 0 amide bonds. The molecule has 0 heterocycles. The number of halogens is 4. The first kappa shape index (κ1) is 17.5. The molecule has 1 N–H and O–H groups in total. The second kappa shape index (κ2) is 8.04. The summed E-state index contributed by atoms with van der Waals surface area (Å²) in [7, 11) is -4.36. The molecule has 1 aromatic rings. The molecule has 4 nitrogen and oxygen atoms in total. The van der Waals surface area contributed by atoms with E-state index in [4.69, 9.17) is 10.3 Å². The zero-order valence-corrected chi connectivity index (χ0v) is 11.6. The summed E-state index contributed by atoms with van der Waals surface area (Å²) in [5.41, 5.74) is 11.2. The van der Waals surface area contributed by atoms with Gasteiger partial charge in [-0.1, -0.05) is 0 Å². The maximum atomic E-state index is 9.75. The maximum Gasteiger partial charge on any atom is 0.673 e. The van der Waals surface area contributed by atoms with Crippen molar-refractivity contribution in [2.75, 3.05) is 12.4 Å². The van der Waals surface area contributed by atoms with Gasteiger partial charge in [0.2, 0.25) is 0 Å². The standard InChI is InChI=1S/C13H13N3O.BF4/c1-17-13-8-6-11(7-9-13)15-10-2-4-12(16-14)5-3-10;2-1(3,4)5/h2-4,6-9,15H,5H2,1H3;/q;-1. The molecule has 22 heavy (non-hydrogen) atoms. The smallest absolute Gasteiger partial charge is 0.497 e. The Balaban J connectivity index is 0.000000422. The molecular formula is C13H13BF4N3O-. The monoisotopic (exact) mass is 314 g/mol. The van der Waals surface area contributed by atoms with Crippen molar-refractivity contribution in [3.05, 3.63) is 53.7 Å². The molecule has 2 rings (SSSR count). The highest BCUT2D eigenvalue weighted by Crippen LogP contribution is 2.18. The van der Waals surface area contributed by atoms with Crippen molar-refractivity contribution >= 4 is 18.7 Å². The lowest BCUT2D eigenvalue weighted by atomic mass is 10.1. The molecule has 9 heteroatoms. The van der Waals surface area contributed by atoms with E-state index in [1.165, 1.54) is 0 Å². The lowest BCUT2D eigenvalue weighted by Crippen LogP contribution is -2.04. The third-order valence-electron chi connectivity index (χ3n) is 2.49. The van der Waals surface area contributed by atoms with Crippen LogP contribution in [0.3, 0.4) is 0 Å². The minimum absolute atomic E-state index is 0.630. The molecule has 0 radical (unpaired) electrons. The van der Waals surface area contributed by atoms with Crippen LogP contribution in [0, 0.1) is 0 Å². The van der Waals surface area contributed by atoms with E-state index in [-0.39, 0.29) is 0 Å². The number of methoxy groups -OCH3 is 1. The highest BCUT2D eigenvalue weighted by molar-refractivity contribution is 6.50. The van der Waals surface area contributed by atoms with Crippen molar-refractivity contribution in [2.24, 2.45) is 0 Å². The fourth-order valence-corrected chi connectivity index (χ4v) is 1.54. The Morgan fingerprint density at radius 1 is 1.14 bits per heavy atom. The number of anilines is 1. The number of allylic oxidation sites excluding steroid dienone is 3. The molecule has 0 bridgehead atoms. The number of hydrogen-bond acceptors (Lipinski definition) is 2. The highest BCUT2D eigenvalue weighted by atomic mass is 19.5. The number of nitrogens with one attached hydrogen (secondary N) is 1. The molecule has 0 spiro atoms. The lowest BCUT2D eigenvalue weighted by Gasteiger charge is -2.09. The summed E-state index contributed by atoms with van der Waals surface area (Å²) >= 11 is 0. The zero-order valence-electron chi connectivity index (χ0n) is 11.6. The molecule has 0 fully saturated rings. The van der Waals surface area contributed by atoms with Crippen LogP contribution in [0.4, 0.5) is 23.0 Å². The Morgan fingerprint density at radius 2 is 1.73 bits per heavy atom. The van der Waals surface area contributed by atoms with Gasteiger partial charge in [-0.3, -0.25) is 0 Å². The highest BCUT2D eigenvalue weighted by Gasteiger charge is 2.20. The van der Waals surface area contributed by atoms with Gasteiger partial charge in [-0.2, -0.15) is 4.79 Å². The summed E-state index contributed by atoms with van der Waals surface area (Å²) in [5.74, 6) is 0.832. The van der Waals surface area contributed by atoms with Crippen LogP contribution in [0.15, 0.2) is 48.2 Å². The summed E-state index contributed by atoms with van der Waals surface area (Å²) in [6.45, 7) is 0. The molecule has 1 aliphatic carbocycles. The van der Waals surface area contributed by atoms with Crippen LogP contribution in [-0.2, 0) is 0 Å². The van der Waals surface area contributed by atoms with Crippen molar-refractivity contribution in [1.82, 2.24) is 0 Å². The fourth-order valence-electron chi connectivity index (χ4n) is 1.54. The Morgan fingerprint density at radius 3 is 2.14 bits per heavy atom. The topological polar surface area (TPSA) is 57.7 Å². The zero-order chi connectivity index (χ0) is 16.6. The predicted molar refractivity (Wildman–Crippen MR) is 77.3 cm³/mol. The maximum absolute atomic E-state index is 9.75. The van der Waals surface area contributed by atoms with Gasteiger partial charge in [0.1, 0.15) is 5.75 Å². The third-order valence-corrected chi connectivity index (χ3v) is 2.49. The number of ether oxygens (including phenoxy) is 1. The van der Waals surface area contributed by atoms with Gasteiger partial charge in [0.05, 0.1) is 13.5 Å². The Hall–Kier alpha value is -2.54. The number of nitrogens with zero attached hydrogens (tertiary/aromatic N) is 2. The van der Waals surface area contributed by atoms with Crippen LogP contribution in [0.5, 0.6) is 5.75 Å². The summed E-state index contributed by atoms with van der Waals surface area (Å²) in [5, 5.41) is 3.26. The first-order valence-corrected chi connectivity index (χ1v) is 6.19. The normalized spacial score (nSPS) is 13.5. The molecule has 0 unspecified atom stereocenters. The van der Waals surface area contributed by atoms with Crippen molar-refractivity contribution < 1.29 is 26.8 Å². The molecule has 118 valence electrons.